The first-order valence-electron chi connectivity index (χ1n) is 21.4. The monoisotopic (exact) mass is 883 g/mol. The molecule has 4 rings (SSSR count). The zero-order valence-electron chi connectivity index (χ0n) is 36.3. The third-order valence-corrected chi connectivity index (χ3v) is 10.7. The van der Waals surface area contributed by atoms with Gasteiger partial charge in [-0.3, -0.25) is 14.5 Å². The largest absolute Gasteiger partial charge is 0.448 e. The third-order valence-electron chi connectivity index (χ3n) is 9.44. The Hall–Kier alpha value is -5.57. The van der Waals surface area contributed by atoms with Gasteiger partial charge < -0.3 is 30.9 Å². The smallest absolute Gasteiger partial charge is 0.407 e. The molecule has 3 aromatic rings. The number of alkyl carbamates (subject to hydrolysis) is 1. The Morgan fingerprint density at radius 3 is 2.10 bits per heavy atom. The van der Waals surface area contributed by atoms with Gasteiger partial charge in [-0.25, -0.2) is 19.7 Å². The molecule has 0 aliphatic carbocycles. The fraction of sp³-hybridized carbons (Fsp3) is 0.404. The van der Waals surface area contributed by atoms with Gasteiger partial charge in [0.1, 0.15) is 28.9 Å². The zero-order chi connectivity index (χ0) is 44.2. The highest BCUT2D eigenvalue weighted by atomic mass is 35.5. The molecule has 0 saturated carbocycles. The highest BCUT2D eigenvalue weighted by Crippen LogP contribution is 2.28. The normalized spacial score (nSPS) is 13.7. The van der Waals surface area contributed by atoms with Crippen molar-refractivity contribution >= 4 is 63.3 Å². The number of carbonyl (C=O) groups is 3. The maximum absolute atomic E-state index is 12.9. The van der Waals surface area contributed by atoms with Crippen molar-refractivity contribution in [3.63, 3.8) is 0 Å². The van der Waals surface area contributed by atoms with Crippen LogP contribution >= 0.6 is 22.9 Å². The number of hydrogen-bond acceptors (Lipinski definition) is 11. The van der Waals surface area contributed by atoms with Gasteiger partial charge in [-0.1, -0.05) is 115 Å². The highest BCUT2D eigenvalue weighted by molar-refractivity contribution is 7.17. The number of carbonyl (C=O) groups excluding carboxylic acids is 3. The summed E-state index contributed by atoms with van der Waals surface area (Å²) in [6.07, 6.45) is 33.8. The second-order valence-corrected chi connectivity index (χ2v) is 15.8. The van der Waals surface area contributed by atoms with E-state index in [-0.39, 0.29) is 18.4 Å². The number of ether oxygens (including phenoxy) is 1. The van der Waals surface area contributed by atoms with Crippen LogP contribution in [0.4, 0.5) is 27.2 Å². The van der Waals surface area contributed by atoms with Gasteiger partial charge in [0.05, 0.1) is 16.9 Å². The third kappa shape index (κ3) is 19.4. The van der Waals surface area contributed by atoms with Gasteiger partial charge in [-0.15, -0.1) is 0 Å². The number of hydrogen-bond donors (Lipinski definition) is 4. The number of thiazole rings is 1. The summed E-state index contributed by atoms with van der Waals surface area (Å²) < 4.78 is 5.37. The Labute approximate surface area is 376 Å². The molecule has 62 heavy (non-hydrogen) atoms. The second kappa shape index (κ2) is 28.9. The lowest BCUT2D eigenvalue weighted by Crippen LogP contribution is -2.48. The fourth-order valence-electron chi connectivity index (χ4n) is 6.12. The molecular weight excluding hydrogens is 822 g/mol. The fourth-order valence-corrected chi connectivity index (χ4v) is 7.11. The van der Waals surface area contributed by atoms with Crippen LogP contribution in [0.1, 0.15) is 79.3 Å². The number of nitrogens with zero attached hydrogens (tertiary/aromatic N) is 5. The lowest BCUT2D eigenvalue weighted by atomic mass is 10.2. The summed E-state index contributed by atoms with van der Waals surface area (Å²) in [7, 11) is 0. The number of benzene rings is 1. The van der Waals surface area contributed by atoms with E-state index in [0.717, 1.165) is 76.1 Å². The highest BCUT2D eigenvalue weighted by Gasteiger charge is 2.20. The minimum Gasteiger partial charge on any atom is -0.448 e. The molecule has 3 amide bonds. The van der Waals surface area contributed by atoms with Crippen molar-refractivity contribution in [3.8, 4) is 0 Å². The van der Waals surface area contributed by atoms with Gasteiger partial charge >= 0.3 is 6.09 Å². The molecule has 1 fully saturated rings. The maximum atomic E-state index is 12.9. The van der Waals surface area contributed by atoms with E-state index in [1.54, 1.807) is 6.07 Å². The van der Waals surface area contributed by atoms with Crippen molar-refractivity contribution in [2.24, 2.45) is 0 Å². The van der Waals surface area contributed by atoms with Crippen LogP contribution in [0.25, 0.3) is 0 Å². The summed E-state index contributed by atoms with van der Waals surface area (Å²) >= 11 is 7.50. The number of nitrogens with one attached hydrogen (secondary N) is 4. The SMILES string of the molecule is CC/C=C\C/C=C\C/C=C\C/C=C\C/C=C\C/C=C\CCC(=O)NCCNC(=O)OCCN1CCN(c2cc(Nc3ncc(C(=O)Nc4c(C)cccc4Cl)s3)nc(C)n2)CC1. The maximum Gasteiger partial charge on any atom is 0.407 e. The summed E-state index contributed by atoms with van der Waals surface area (Å²) in [5, 5.41) is 12.6. The summed E-state index contributed by atoms with van der Waals surface area (Å²) in [5.74, 6) is 1.64. The van der Waals surface area contributed by atoms with E-state index in [9.17, 15) is 14.4 Å². The molecule has 0 unspecified atom stereocenters. The van der Waals surface area contributed by atoms with Crippen molar-refractivity contribution in [1.82, 2.24) is 30.5 Å². The molecule has 0 atom stereocenters. The van der Waals surface area contributed by atoms with Crippen molar-refractivity contribution in [1.29, 1.82) is 0 Å². The predicted octanol–water partition coefficient (Wildman–Crippen LogP) is 9.64. The molecular formula is C47H62ClN9O4S. The molecule has 0 spiro atoms. The average molecular weight is 885 g/mol. The molecule has 332 valence electrons. The Balaban J connectivity index is 1.01. The molecule has 13 nitrogen and oxygen atoms in total. The molecule has 1 saturated heterocycles. The number of anilines is 4. The number of halogens is 1. The summed E-state index contributed by atoms with van der Waals surface area (Å²) in [6, 6.07) is 7.33. The molecule has 1 aromatic carbocycles. The molecule has 3 heterocycles. The standard InChI is InChI=1S/C47H62ClN9O4S/c1-4-5-6-7-8-9-10-11-12-13-14-15-16-17-18-19-20-21-22-26-43(58)49-27-28-50-47(60)61-34-33-56-29-31-57(32-30-56)42-35-41(52-38(3)53-42)54-46-51-36-40(62-46)45(59)55-44-37(2)24-23-25-39(44)48/h5-6,8-9,11-12,14-15,17-18,20-21,23-25,35-36H,4,7,10,13,16,19,22,26-34H2,1-3H3,(H,49,58)(H,50,60)(H,55,59)(H,51,52,53,54)/b6-5-,9-8-,12-11-,15-14-,18-17-,21-20-. The number of rotatable bonds is 25. The number of amides is 3. The second-order valence-electron chi connectivity index (χ2n) is 14.4. The van der Waals surface area contributed by atoms with Crippen LogP contribution in [0, 0.1) is 13.8 Å². The van der Waals surface area contributed by atoms with Crippen molar-refractivity contribution in [2.75, 3.05) is 68.0 Å². The van der Waals surface area contributed by atoms with Crippen LogP contribution in [0.5, 0.6) is 0 Å². The molecule has 1 aliphatic rings. The number of aromatic nitrogens is 3. The van der Waals surface area contributed by atoms with Crippen molar-refractivity contribution in [2.45, 2.75) is 72.1 Å². The lowest BCUT2D eigenvalue weighted by molar-refractivity contribution is -0.120. The van der Waals surface area contributed by atoms with Gasteiger partial charge in [0.25, 0.3) is 5.91 Å². The van der Waals surface area contributed by atoms with Crippen LogP contribution in [-0.2, 0) is 9.53 Å². The number of allylic oxidation sites excluding steroid dienone is 12. The Morgan fingerprint density at radius 1 is 0.823 bits per heavy atom. The Bertz CT molecular complexity index is 2020. The molecule has 4 N–H and O–H groups in total. The van der Waals surface area contributed by atoms with Crippen LogP contribution in [-0.4, -0.2) is 90.2 Å². The van der Waals surface area contributed by atoms with Gasteiger partial charge in [-0.05, 0) is 70.4 Å². The van der Waals surface area contributed by atoms with Crippen LogP contribution in [0.2, 0.25) is 5.02 Å². The Morgan fingerprint density at radius 2 is 1.45 bits per heavy atom. The first-order valence-corrected chi connectivity index (χ1v) is 22.6. The topological polar surface area (TPSA) is 154 Å². The number of aryl methyl sites for hydroxylation is 2. The van der Waals surface area contributed by atoms with Gasteiger partial charge in [-0.2, -0.15) is 0 Å². The number of para-hydroxylation sites is 1. The van der Waals surface area contributed by atoms with Crippen LogP contribution in [0.3, 0.4) is 0 Å². The van der Waals surface area contributed by atoms with E-state index >= 15 is 0 Å². The molecule has 2 aromatic heterocycles. The first kappa shape index (κ1) is 49.1. The average Bonchev–Trinajstić information content (AvgIpc) is 3.73. The van der Waals surface area contributed by atoms with E-state index in [1.807, 2.05) is 38.1 Å². The number of piperazine rings is 1. The van der Waals surface area contributed by atoms with Crippen molar-refractivity contribution in [3.05, 3.63) is 125 Å². The van der Waals surface area contributed by atoms with E-state index in [4.69, 9.17) is 16.3 Å². The van der Waals surface area contributed by atoms with Crippen molar-refractivity contribution < 1.29 is 19.1 Å². The lowest BCUT2D eigenvalue weighted by Gasteiger charge is -2.35. The summed E-state index contributed by atoms with van der Waals surface area (Å²) in [6.45, 7) is 10.4. The van der Waals surface area contributed by atoms with Crippen LogP contribution in [0.15, 0.2) is 103 Å². The quantitative estimate of drug-likeness (QED) is 0.0478. The molecule has 1 aliphatic heterocycles. The van der Waals surface area contributed by atoms with E-state index in [1.165, 1.54) is 17.5 Å². The zero-order valence-corrected chi connectivity index (χ0v) is 37.9. The van der Waals surface area contributed by atoms with Gasteiger partial charge in [0.15, 0.2) is 5.13 Å². The van der Waals surface area contributed by atoms with Gasteiger partial charge in [0, 0.05) is 58.3 Å². The molecule has 0 bridgehead atoms. The summed E-state index contributed by atoms with van der Waals surface area (Å²) in [4.78, 5) is 55.7. The molecule has 15 heteroatoms. The van der Waals surface area contributed by atoms with Gasteiger partial charge in [0.2, 0.25) is 5.91 Å². The van der Waals surface area contributed by atoms with E-state index in [2.05, 4.69) is 120 Å². The van der Waals surface area contributed by atoms with E-state index in [0.29, 0.717) is 64.8 Å². The predicted molar refractivity (Wildman–Crippen MR) is 255 cm³/mol. The molecule has 0 radical (unpaired) electrons. The summed E-state index contributed by atoms with van der Waals surface area (Å²) in [5.41, 5.74) is 1.45. The van der Waals surface area contributed by atoms with Crippen LogP contribution < -0.4 is 26.2 Å². The Kier molecular flexibility index (Phi) is 22.9. The van der Waals surface area contributed by atoms with E-state index < -0.39 is 6.09 Å². The minimum atomic E-state index is -0.504. The minimum absolute atomic E-state index is 0.0522. The first-order chi connectivity index (χ1) is 30.2.